The summed E-state index contributed by atoms with van der Waals surface area (Å²) in [4.78, 5) is 11.2. The molecule has 0 radical (unpaired) electrons. The van der Waals surface area contributed by atoms with Gasteiger partial charge in [0.1, 0.15) is 10.4 Å². The van der Waals surface area contributed by atoms with Crippen LogP contribution in [0.2, 0.25) is 0 Å². The summed E-state index contributed by atoms with van der Waals surface area (Å²) in [7, 11) is 0. The Balaban J connectivity index is 4.50. The Bertz CT molecular complexity index is 250. The average Bonchev–Trinajstić information content (AvgIpc) is 2.15. The molecule has 0 aromatic rings. The molecule has 5 heteroatoms. The van der Waals surface area contributed by atoms with E-state index in [0.29, 0.717) is 5.33 Å². The fourth-order valence-electron chi connectivity index (χ4n) is 0.706. The lowest BCUT2D eigenvalue weighted by atomic mass is 9.90. The van der Waals surface area contributed by atoms with Crippen LogP contribution in [0.25, 0.3) is 0 Å². The maximum Gasteiger partial charge on any atom is 0.235 e. The molecule has 0 bridgehead atoms. The molecule has 0 heterocycles. The van der Waals surface area contributed by atoms with Crippen LogP contribution in [0.4, 0.5) is 0 Å². The maximum atomic E-state index is 11.5. The fraction of sp³-hybridized carbons (Fsp3) is 0.778. The minimum atomic E-state index is -0.800. The Morgan fingerprint density at radius 1 is 1.64 bits per heavy atom. The molecule has 0 aliphatic rings. The quantitative estimate of drug-likeness (QED) is 0.806. The van der Waals surface area contributed by atoms with Gasteiger partial charge < -0.3 is 5.32 Å². The zero-order valence-electron chi connectivity index (χ0n) is 8.47. The maximum absolute atomic E-state index is 11.5. The van der Waals surface area contributed by atoms with Gasteiger partial charge in [-0.05, 0) is 12.8 Å². The van der Waals surface area contributed by atoms with Crippen LogP contribution in [0.15, 0.2) is 0 Å². The number of nitriles is 1. The molecule has 0 saturated heterocycles. The Morgan fingerprint density at radius 3 is 2.43 bits per heavy atom. The third-order valence-electron chi connectivity index (χ3n) is 2.19. The molecule has 2 atom stereocenters. The summed E-state index contributed by atoms with van der Waals surface area (Å²) in [6, 6.07) is 2.12. The molecule has 1 N–H and O–H groups in total. The van der Waals surface area contributed by atoms with Crippen molar-refractivity contribution in [1.29, 1.82) is 5.26 Å². The number of hydrogen-bond donors (Lipinski definition) is 1. The van der Waals surface area contributed by atoms with Crippen molar-refractivity contribution < 1.29 is 4.79 Å². The summed E-state index contributed by atoms with van der Waals surface area (Å²) in [5, 5.41) is 12.2. The van der Waals surface area contributed by atoms with Crippen molar-refractivity contribution in [2.75, 3.05) is 5.33 Å². The second-order valence-electron chi connectivity index (χ2n) is 3.58. The Hall–Kier alpha value is -0.0800. The molecule has 0 aromatic carbocycles. The second kappa shape index (κ2) is 5.72. The summed E-state index contributed by atoms with van der Waals surface area (Å²) >= 11 is 6.40. The summed E-state index contributed by atoms with van der Waals surface area (Å²) in [5.41, 5.74) is -0.800. The first-order valence-electron chi connectivity index (χ1n) is 4.30. The van der Waals surface area contributed by atoms with Gasteiger partial charge in [0.2, 0.25) is 5.91 Å². The molecule has 3 nitrogen and oxygen atoms in total. The van der Waals surface area contributed by atoms with E-state index in [-0.39, 0.29) is 16.7 Å². The third-order valence-corrected chi connectivity index (χ3v) is 4.45. The molecule has 0 aliphatic heterocycles. The lowest BCUT2D eigenvalue weighted by Crippen LogP contribution is -2.51. The first-order chi connectivity index (χ1) is 6.37. The monoisotopic (exact) mass is 324 g/mol. The van der Waals surface area contributed by atoms with Crippen molar-refractivity contribution >= 4 is 37.8 Å². The molecule has 0 saturated carbocycles. The number of rotatable bonds is 4. The van der Waals surface area contributed by atoms with Gasteiger partial charge >= 0.3 is 0 Å². The van der Waals surface area contributed by atoms with Crippen molar-refractivity contribution in [2.45, 2.75) is 31.1 Å². The standard InChI is InChI=1S/C9H14Br2N2O/c1-6(2)9(3,5-12)13-8(14)7(11)4-10/h6-7H,4H2,1-3H3,(H,13,14). The minimum Gasteiger partial charge on any atom is -0.337 e. The number of amides is 1. The summed E-state index contributed by atoms with van der Waals surface area (Å²) in [6.45, 7) is 5.53. The molecule has 0 rings (SSSR count). The van der Waals surface area contributed by atoms with Gasteiger partial charge in [0.15, 0.2) is 0 Å². The van der Waals surface area contributed by atoms with Gasteiger partial charge in [-0.2, -0.15) is 5.26 Å². The second-order valence-corrected chi connectivity index (χ2v) is 5.33. The summed E-state index contributed by atoms with van der Waals surface area (Å²) in [5.74, 6) is -0.0916. The summed E-state index contributed by atoms with van der Waals surface area (Å²) < 4.78 is 0. The molecular weight excluding hydrogens is 312 g/mol. The average molecular weight is 326 g/mol. The number of carbonyl (C=O) groups is 1. The van der Waals surface area contributed by atoms with Gasteiger partial charge in [-0.25, -0.2) is 0 Å². The van der Waals surface area contributed by atoms with Crippen LogP contribution in [0.1, 0.15) is 20.8 Å². The molecule has 0 aliphatic carbocycles. The van der Waals surface area contributed by atoms with Gasteiger partial charge in [0, 0.05) is 5.33 Å². The highest BCUT2D eigenvalue weighted by atomic mass is 79.9. The molecule has 14 heavy (non-hydrogen) atoms. The van der Waals surface area contributed by atoms with E-state index in [1.54, 1.807) is 6.92 Å². The zero-order valence-corrected chi connectivity index (χ0v) is 11.6. The molecule has 0 spiro atoms. The molecule has 0 aromatic heterocycles. The van der Waals surface area contributed by atoms with Crippen LogP contribution < -0.4 is 5.32 Å². The molecule has 2 unspecified atom stereocenters. The lowest BCUT2D eigenvalue weighted by molar-refractivity contribution is -0.121. The highest BCUT2D eigenvalue weighted by Crippen LogP contribution is 2.16. The van der Waals surface area contributed by atoms with Crippen LogP contribution in [-0.2, 0) is 4.79 Å². The van der Waals surface area contributed by atoms with E-state index in [4.69, 9.17) is 5.26 Å². The van der Waals surface area contributed by atoms with Crippen LogP contribution in [-0.4, -0.2) is 21.6 Å². The topological polar surface area (TPSA) is 52.9 Å². The highest BCUT2D eigenvalue weighted by Gasteiger charge is 2.31. The number of halogens is 2. The van der Waals surface area contributed by atoms with E-state index in [9.17, 15) is 4.79 Å². The Labute approximate surface area is 101 Å². The number of nitrogens with zero attached hydrogens (tertiary/aromatic N) is 1. The van der Waals surface area contributed by atoms with Crippen molar-refractivity contribution in [2.24, 2.45) is 5.92 Å². The molecular formula is C9H14Br2N2O. The van der Waals surface area contributed by atoms with Gasteiger partial charge in [0.05, 0.1) is 6.07 Å². The number of alkyl halides is 2. The SMILES string of the molecule is CC(C)C(C)(C#N)NC(=O)C(Br)CBr. The van der Waals surface area contributed by atoms with E-state index >= 15 is 0 Å². The predicted molar refractivity (Wildman–Crippen MR) is 63.5 cm³/mol. The normalized spacial score (nSPS) is 16.9. The fourth-order valence-corrected chi connectivity index (χ4v) is 1.11. The number of hydrogen-bond acceptors (Lipinski definition) is 2. The minimum absolute atomic E-state index is 0.0754. The van der Waals surface area contributed by atoms with Crippen molar-refractivity contribution in [1.82, 2.24) is 5.32 Å². The molecule has 1 amide bonds. The van der Waals surface area contributed by atoms with Crippen molar-refractivity contribution in [3.63, 3.8) is 0 Å². The van der Waals surface area contributed by atoms with Gasteiger partial charge in [0.25, 0.3) is 0 Å². The van der Waals surface area contributed by atoms with Crippen LogP contribution in [0.3, 0.4) is 0 Å². The van der Waals surface area contributed by atoms with Crippen LogP contribution >= 0.6 is 31.9 Å². The van der Waals surface area contributed by atoms with E-state index in [1.807, 2.05) is 13.8 Å². The zero-order chi connectivity index (χ0) is 11.4. The van der Waals surface area contributed by atoms with E-state index in [1.165, 1.54) is 0 Å². The third kappa shape index (κ3) is 3.58. The van der Waals surface area contributed by atoms with Gasteiger partial charge in [-0.1, -0.05) is 45.7 Å². The van der Waals surface area contributed by atoms with Gasteiger partial charge in [-0.15, -0.1) is 0 Å². The first kappa shape index (κ1) is 13.9. The number of carbonyl (C=O) groups excluding carboxylic acids is 1. The van der Waals surface area contributed by atoms with E-state index < -0.39 is 5.54 Å². The smallest absolute Gasteiger partial charge is 0.235 e. The van der Waals surface area contributed by atoms with Crippen LogP contribution in [0.5, 0.6) is 0 Å². The summed E-state index contributed by atoms with van der Waals surface area (Å²) in [6.07, 6.45) is 0. The van der Waals surface area contributed by atoms with E-state index in [2.05, 4.69) is 43.2 Å². The predicted octanol–water partition coefficient (Wildman–Crippen LogP) is 2.20. The first-order valence-corrected chi connectivity index (χ1v) is 6.34. The lowest BCUT2D eigenvalue weighted by Gasteiger charge is -2.28. The number of nitrogens with one attached hydrogen (secondary N) is 1. The molecule has 80 valence electrons. The van der Waals surface area contributed by atoms with Gasteiger partial charge in [-0.3, -0.25) is 4.79 Å². The Kier molecular flexibility index (Phi) is 5.68. The largest absolute Gasteiger partial charge is 0.337 e. The van der Waals surface area contributed by atoms with Crippen molar-refractivity contribution in [3.05, 3.63) is 0 Å². The van der Waals surface area contributed by atoms with Crippen LogP contribution in [0, 0.1) is 17.2 Å². The Morgan fingerprint density at radius 2 is 2.14 bits per heavy atom. The highest BCUT2D eigenvalue weighted by molar-refractivity contribution is 9.12. The van der Waals surface area contributed by atoms with Crippen molar-refractivity contribution in [3.8, 4) is 6.07 Å². The van der Waals surface area contributed by atoms with E-state index in [0.717, 1.165) is 0 Å². The molecule has 0 fully saturated rings.